The summed E-state index contributed by atoms with van der Waals surface area (Å²) in [6, 6.07) is -0.0110. The number of carbonyl (C=O) groups excluding carboxylic acids is 1. The fourth-order valence-electron chi connectivity index (χ4n) is 3.32. The quantitative estimate of drug-likeness (QED) is 0.839. The third-order valence-electron chi connectivity index (χ3n) is 4.65. The lowest BCUT2D eigenvalue weighted by Crippen LogP contribution is -2.45. The first-order valence-electron chi connectivity index (χ1n) is 7.81. The molecular formula is C15H29N3O. The minimum Gasteiger partial charge on any atom is -0.325 e. The zero-order valence-electron chi connectivity index (χ0n) is 12.9. The van der Waals surface area contributed by atoms with E-state index in [0.717, 1.165) is 13.1 Å². The molecule has 0 aliphatic carbocycles. The number of likely N-dealkylation sites (tertiary alicyclic amines) is 1. The van der Waals surface area contributed by atoms with Crippen molar-refractivity contribution in [3.63, 3.8) is 0 Å². The van der Waals surface area contributed by atoms with E-state index in [4.69, 9.17) is 0 Å². The van der Waals surface area contributed by atoms with E-state index in [1.165, 1.54) is 25.9 Å². The second kappa shape index (κ2) is 6.23. The lowest BCUT2D eigenvalue weighted by atomic mass is 9.95. The monoisotopic (exact) mass is 267 g/mol. The highest BCUT2D eigenvalue weighted by atomic mass is 16.2. The molecule has 2 unspecified atom stereocenters. The van der Waals surface area contributed by atoms with Gasteiger partial charge in [-0.3, -0.25) is 10.1 Å². The molecule has 2 aliphatic heterocycles. The average molecular weight is 267 g/mol. The number of nitrogens with zero attached hydrogens (tertiary/aromatic N) is 2. The van der Waals surface area contributed by atoms with Crippen molar-refractivity contribution in [3.8, 4) is 0 Å². The van der Waals surface area contributed by atoms with Crippen molar-refractivity contribution < 1.29 is 4.79 Å². The molecule has 4 nitrogen and oxygen atoms in total. The zero-order chi connectivity index (χ0) is 14.0. The van der Waals surface area contributed by atoms with Crippen LogP contribution < -0.4 is 5.32 Å². The minimum absolute atomic E-state index is 0.0110. The van der Waals surface area contributed by atoms with Crippen LogP contribution >= 0.6 is 0 Å². The van der Waals surface area contributed by atoms with Crippen LogP contribution in [0.5, 0.6) is 0 Å². The highest BCUT2D eigenvalue weighted by Gasteiger charge is 2.38. The molecule has 0 spiro atoms. The first kappa shape index (κ1) is 14.8. The van der Waals surface area contributed by atoms with Crippen LogP contribution in [-0.4, -0.2) is 54.1 Å². The smallest absolute Gasteiger partial charge is 0.240 e. The van der Waals surface area contributed by atoms with E-state index in [1.54, 1.807) is 0 Å². The number of nitrogens with one attached hydrogen (secondary N) is 1. The molecule has 19 heavy (non-hydrogen) atoms. The fourth-order valence-corrected chi connectivity index (χ4v) is 3.32. The van der Waals surface area contributed by atoms with E-state index in [0.29, 0.717) is 11.8 Å². The summed E-state index contributed by atoms with van der Waals surface area (Å²) < 4.78 is 0. The van der Waals surface area contributed by atoms with Gasteiger partial charge in [0.2, 0.25) is 5.91 Å². The third kappa shape index (κ3) is 3.29. The van der Waals surface area contributed by atoms with Crippen LogP contribution in [-0.2, 0) is 4.79 Å². The molecule has 4 heteroatoms. The molecule has 2 atom stereocenters. The number of amides is 1. The van der Waals surface area contributed by atoms with Crippen LogP contribution in [0.2, 0.25) is 0 Å². The Kier molecular flexibility index (Phi) is 4.85. The maximum atomic E-state index is 12.3. The Morgan fingerprint density at radius 3 is 2.47 bits per heavy atom. The standard InChI is InChI=1S/C15H29N3O/c1-5-17-8-6-13(7-9-17)10-18-14(11(2)3)16-12(4)15(18)19/h11-14,16H,5-10H2,1-4H3. The van der Waals surface area contributed by atoms with Gasteiger partial charge >= 0.3 is 0 Å². The van der Waals surface area contributed by atoms with Gasteiger partial charge in [-0.2, -0.15) is 0 Å². The highest BCUT2D eigenvalue weighted by molar-refractivity contribution is 5.83. The molecule has 0 radical (unpaired) electrons. The molecule has 110 valence electrons. The first-order valence-corrected chi connectivity index (χ1v) is 7.81. The molecule has 2 aliphatic rings. The molecule has 0 aromatic rings. The lowest BCUT2D eigenvalue weighted by Gasteiger charge is -2.35. The summed E-state index contributed by atoms with van der Waals surface area (Å²) in [4.78, 5) is 16.9. The van der Waals surface area contributed by atoms with E-state index in [9.17, 15) is 4.79 Å². The molecular weight excluding hydrogens is 238 g/mol. The van der Waals surface area contributed by atoms with Crippen LogP contribution in [0, 0.1) is 11.8 Å². The largest absolute Gasteiger partial charge is 0.325 e. The summed E-state index contributed by atoms with van der Waals surface area (Å²) in [6.07, 6.45) is 2.69. The second-order valence-electron chi connectivity index (χ2n) is 6.45. The van der Waals surface area contributed by atoms with Crippen molar-refractivity contribution >= 4 is 5.91 Å². The van der Waals surface area contributed by atoms with Crippen molar-refractivity contribution in [2.45, 2.75) is 52.7 Å². The van der Waals surface area contributed by atoms with Gasteiger partial charge in [-0.15, -0.1) is 0 Å². The maximum Gasteiger partial charge on any atom is 0.240 e. The summed E-state index contributed by atoms with van der Waals surface area (Å²) >= 11 is 0. The Bertz CT molecular complexity index is 311. The van der Waals surface area contributed by atoms with Gasteiger partial charge in [0, 0.05) is 6.54 Å². The van der Waals surface area contributed by atoms with Gasteiger partial charge in [0.1, 0.15) is 0 Å². The molecule has 0 bridgehead atoms. The summed E-state index contributed by atoms with van der Waals surface area (Å²) in [5, 5.41) is 3.43. The Hall–Kier alpha value is -0.610. The average Bonchev–Trinajstić information content (AvgIpc) is 2.68. The van der Waals surface area contributed by atoms with Gasteiger partial charge in [0.15, 0.2) is 0 Å². The van der Waals surface area contributed by atoms with E-state index < -0.39 is 0 Å². The van der Waals surface area contributed by atoms with E-state index in [-0.39, 0.29) is 18.1 Å². The van der Waals surface area contributed by atoms with Gasteiger partial charge in [-0.25, -0.2) is 0 Å². The van der Waals surface area contributed by atoms with Crippen molar-refractivity contribution in [1.29, 1.82) is 0 Å². The summed E-state index contributed by atoms with van der Waals surface area (Å²) in [6.45, 7) is 13.1. The van der Waals surface area contributed by atoms with Crippen molar-refractivity contribution in [1.82, 2.24) is 15.1 Å². The Morgan fingerprint density at radius 2 is 1.95 bits per heavy atom. The van der Waals surface area contributed by atoms with E-state index in [2.05, 4.69) is 35.9 Å². The van der Waals surface area contributed by atoms with Crippen LogP contribution in [0.4, 0.5) is 0 Å². The number of piperidine rings is 1. The summed E-state index contributed by atoms with van der Waals surface area (Å²) in [5.74, 6) is 1.45. The normalized spacial score (nSPS) is 30.6. The van der Waals surface area contributed by atoms with Gasteiger partial charge in [0.25, 0.3) is 0 Å². The Labute approximate surface area is 117 Å². The van der Waals surface area contributed by atoms with Gasteiger partial charge < -0.3 is 9.80 Å². The SMILES string of the molecule is CCN1CCC(CN2C(=O)C(C)NC2C(C)C)CC1. The van der Waals surface area contributed by atoms with E-state index >= 15 is 0 Å². The van der Waals surface area contributed by atoms with E-state index in [1.807, 2.05) is 6.92 Å². The lowest BCUT2D eigenvalue weighted by molar-refractivity contribution is -0.131. The molecule has 2 fully saturated rings. The first-order chi connectivity index (χ1) is 9.02. The molecule has 1 N–H and O–H groups in total. The number of hydrogen-bond acceptors (Lipinski definition) is 3. The summed E-state index contributed by atoms with van der Waals surface area (Å²) in [7, 11) is 0. The molecule has 0 aromatic heterocycles. The third-order valence-corrected chi connectivity index (χ3v) is 4.65. The molecule has 1 amide bonds. The molecule has 2 saturated heterocycles. The van der Waals surface area contributed by atoms with Crippen molar-refractivity contribution in [3.05, 3.63) is 0 Å². The van der Waals surface area contributed by atoms with Gasteiger partial charge in [-0.05, 0) is 51.2 Å². The highest BCUT2D eigenvalue weighted by Crippen LogP contribution is 2.24. The Balaban J connectivity index is 1.92. The minimum atomic E-state index is -0.0110. The van der Waals surface area contributed by atoms with Gasteiger partial charge in [-0.1, -0.05) is 20.8 Å². The van der Waals surface area contributed by atoms with Crippen LogP contribution in [0.3, 0.4) is 0 Å². The van der Waals surface area contributed by atoms with Crippen LogP contribution in [0.1, 0.15) is 40.5 Å². The Morgan fingerprint density at radius 1 is 1.32 bits per heavy atom. The number of carbonyl (C=O) groups is 1. The number of hydrogen-bond donors (Lipinski definition) is 1. The molecule has 0 saturated carbocycles. The van der Waals surface area contributed by atoms with Crippen LogP contribution in [0.15, 0.2) is 0 Å². The molecule has 2 rings (SSSR count). The van der Waals surface area contributed by atoms with Gasteiger partial charge in [0.05, 0.1) is 12.2 Å². The van der Waals surface area contributed by atoms with Crippen LogP contribution in [0.25, 0.3) is 0 Å². The molecule has 0 aromatic carbocycles. The maximum absolute atomic E-state index is 12.3. The zero-order valence-corrected chi connectivity index (χ0v) is 12.9. The fraction of sp³-hybridized carbons (Fsp3) is 0.933. The molecule has 2 heterocycles. The predicted octanol–water partition coefficient (Wildman–Crippen LogP) is 1.52. The topological polar surface area (TPSA) is 35.6 Å². The van der Waals surface area contributed by atoms with Crippen molar-refractivity contribution in [2.24, 2.45) is 11.8 Å². The number of rotatable bonds is 4. The summed E-state index contributed by atoms with van der Waals surface area (Å²) in [5.41, 5.74) is 0. The predicted molar refractivity (Wildman–Crippen MR) is 77.8 cm³/mol. The van der Waals surface area contributed by atoms with Crippen molar-refractivity contribution in [2.75, 3.05) is 26.2 Å². The second-order valence-corrected chi connectivity index (χ2v) is 6.45.